The van der Waals surface area contributed by atoms with Crippen LogP contribution in [0.4, 0.5) is 0 Å². The van der Waals surface area contributed by atoms with Gasteiger partial charge >= 0.3 is 11.6 Å². The fraction of sp³-hybridized carbons (Fsp3) is 0.350. The van der Waals surface area contributed by atoms with Crippen LogP contribution in [-0.4, -0.2) is 35.7 Å². The Morgan fingerprint density at radius 1 is 1.26 bits per heavy atom. The first-order valence-electron chi connectivity index (χ1n) is 8.31. The van der Waals surface area contributed by atoms with E-state index in [1.165, 1.54) is 45.2 Å². The van der Waals surface area contributed by atoms with Crippen molar-refractivity contribution in [2.24, 2.45) is 0 Å². The lowest BCUT2D eigenvalue weighted by molar-refractivity contribution is -0.152. The topological polar surface area (TPSA) is 103 Å². The van der Waals surface area contributed by atoms with Crippen LogP contribution in [0.25, 0.3) is 11.0 Å². The summed E-state index contributed by atoms with van der Waals surface area (Å²) in [6, 6.07) is 5.61. The van der Waals surface area contributed by atoms with Crippen molar-refractivity contribution in [1.29, 1.82) is 0 Å². The van der Waals surface area contributed by atoms with E-state index in [1.54, 1.807) is 19.9 Å². The minimum atomic E-state index is -1.63. The van der Waals surface area contributed by atoms with Crippen molar-refractivity contribution in [2.75, 3.05) is 7.11 Å². The monoisotopic (exact) mass is 374 g/mol. The van der Waals surface area contributed by atoms with Gasteiger partial charge in [0.15, 0.2) is 6.10 Å². The van der Waals surface area contributed by atoms with Crippen LogP contribution >= 0.6 is 0 Å². The highest BCUT2D eigenvalue weighted by Gasteiger charge is 2.39. The molecule has 0 fully saturated rings. The van der Waals surface area contributed by atoms with Crippen LogP contribution in [0.2, 0.25) is 0 Å². The van der Waals surface area contributed by atoms with Gasteiger partial charge in [0.25, 0.3) is 0 Å². The Hall–Kier alpha value is -2.93. The summed E-state index contributed by atoms with van der Waals surface area (Å²) in [5, 5.41) is 10.9. The molecule has 1 aromatic heterocycles. The second-order valence-corrected chi connectivity index (χ2v) is 6.62. The molecule has 1 N–H and O–H groups in total. The summed E-state index contributed by atoms with van der Waals surface area (Å²) >= 11 is 0. The number of carbonyl (C=O) groups excluding carboxylic acids is 2. The molecule has 1 atom stereocenters. The van der Waals surface area contributed by atoms with Gasteiger partial charge in [0.1, 0.15) is 16.9 Å². The third-order valence-corrected chi connectivity index (χ3v) is 4.07. The van der Waals surface area contributed by atoms with Gasteiger partial charge in [0.05, 0.1) is 12.7 Å². The number of allylic oxidation sites excluding steroid dienone is 1. The number of rotatable bonds is 6. The molecular weight excluding hydrogens is 352 g/mol. The molecule has 2 rings (SSSR count). The summed E-state index contributed by atoms with van der Waals surface area (Å²) in [5.41, 5.74) is -1.52. The minimum absolute atomic E-state index is 0.0944. The molecule has 0 saturated carbocycles. The normalized spacial score (nSPS) is 13.3. The standard InChI is InChI=1S/C20H22O7/c1-6-11(2)19(23)27-18(20(3,4)24)17(22)13-9-12-7-8-16(21)26-14(12)10-15(13)25-5/h6-10,18,24H,1-5H3/b11-6+/t18-/m0/s1. The Bertz CT molecular complexity index is 960. The lowest BCUT2D eigenvalue weighted by Gasteiger charge is -2.28. The van der Waals surface area contributed by atoms with E-state index in [-0.39, 0.29) is 16.9 Å². The largest absolute Gasteiger partial charge is 0.496 e. The SMILES string of the molecule is C/C=C(\C)C(=O)O[C@@H](C(=O)c1cc2ccc(=O)oc2cc1OC)C(C)(C)O. The van der Waals surface area contributed by atoms with Crippen molar-refractivity contribution in [2.45, 2.75) is 39.4 Å². The van der Waals surface area contributed by atoms with E-state index in [0.29, 0.717) is 11.0 Å². The van der Waals surface area contributed by atoms with Gasteiger partial charge < -0.3 is 19.0 Å². The number of Topliss-reactive ketones (excluding diaryl/α,β-unsaturated/α-hetero) is 1. The number of methoxy groups -OCH3 is 1. The molecule has 27 heavy (non-hydrogen) atoms. The second-order valence-electron chi connectivity index (χ2n) is 6.62. The molecule has 0 saturated heterocycles. The molecule has 0 aliphatic carbocycles. The summed E-state index contributed by atoms with van der Waals surface area (Å²) in [4.78, 5) is 36.6. The molecule has 1 heterocycles. The van der Waals surface area contributed by atoms with Crippen molar-refractivity contribution in [1.82, 2.24) is 0 Å². The molecule has 144 valence electrons. The molecule has 0 radical (unpaired) electrons. The van der Waals surface area contributed by atoms with Crippen LogP contribution in [0.15, 0.2) is 45.1 Å². The van der Waals surface area contributed by atoms with Crippen LogP contribution in [0.5, 0.6) is 5.75 Å². The number of hydrogen-bond donors (Lipinski definition) is 1. The van der Waals surface area contributed by atoms with E-state index in [4.69, 9.17) is 13.9 Å². The Morgan fingerprint density at radius 3 is 2.48 bits per heavy atom. The third kappa shape index (κ3) is 4.43. The minimum Gasteiger partial charge on any atom is -0.496 e. The van der Waals surface area contributed by atoms with Gasteiger partial charge in [0, 0.05) is 23.1 Å². The lowest BCUT2D eigenvalue weighted by atomic mass is 9.92. The average Bonchev–Trinajstić information content (AvgIpc) is 2.62. The highest BCUT2D eigenvalue weighted by atomic mass is 16.6. The predicted octanol–water partition coefficient (Wildman–Crippen LogP) is 2.63. The van der Waals surface area contributed by atoms with E-state index >= 15 is 0 Å². The van der Waals surface area contributed by atoms with Crippen molar-refractivity contribution >= 4 is 22.7 Å². The maximum absolute atomic E-state index is 13.1. The van der Waals surface area contributed by atoms with Crippen molar-refractivity contribution in [3.8, 4) is 5.75 Å². The van der Waals surface area contributed by atoms with Gasteiger partial charge in [-0.1, -0.05) is 6.08 Å². The summed E-state index contributed by atoms with van der Waals surface area (Å²) in [5.74, 6) is -1.21. The smallest absolute Gasteiger partial charge is 0.336 e. The highest BCUT2D eigenvalue weighted by molar-refractivity contribution is 6.06. The lowest BCUT2D eigenvalue weighted by Crippen LogP contribution is -2.45. The van der Waals surface area contributed by atoms with E-state index < -0.39 is 29.1 Å². The molecule has 2 aromatic rings. The van der Waals surface area contributed by atoms with E-state index in [9.17, 15) is 19.5 Å². The van der Waals surface area contributed by atoms with Gasteiger partial charge in [-0.15, -0.1) is 0 Å². The van der Waals surface area contributed by atoms with Gasteiger partial charge in [0.2, 0.25) is 5.78 Å². The van der Waals surface area contributed by atoms with E-state index in [0.717, 1.165) is 0 Å². The number of ketones is 1. The summed E-state index contributed by atoms with van der Waals surface area (Å²) < 4.78 is 15.6. The number of aliphatic hydroxyl groups is 1. The van der Waals surface area contributed by atoms with Crippen molar-refractivity contribution in [3.63, 3.8) is 0 Å². The van der Waals surface area contributed by atoms with Gasteiger partial charge in [-0.05, 0) is 39.8 Å². The third-order valence-electron chi connectivity index (χ3n) is 4.07. The van der Waals surface area contributed by atoms with Crippen molar-refractivity contribution in [3.05, 3.63) is 51.9 Å². The highest BCUT2D eigenvalue weighted by Crippen LogP contribution is 2.29. The predicted molar refractivity (Wildman–Crippen MR) is 99.0 cm³/mol. The molecule has 0 unspecified atom stereocenters. The Morgan fingerprint density at radius 2 is 1.93 bits per heavy atom. The summed E-state index contributed by atoms with van der Waals surface area (Å²) in [6.45, 7) is 5.96. The molecule has 0 amide bonds. The maximum Gasteiger partial charge on any atom is 0.336 e. The molecule has 7 nitrogen and oxygen atoms in total. The van der Waals surface area contributed by atoms with Crippen LogP contribution in [0, 0.1) is 0 Å². The fourth-order valence-electron chi connectivity index (χ4n) is 2.44. The van der Waals surface area contributed by atoms with Gasteiger partial charge in [-0.3, -0.25) is 4.79 Å². The van der Waals surface area contributed by atoms with E-state index in [1.807, 2.05) is 0 Å². The number of fused-ring (bicyclic) bond motifs is 1. The first kappa shape index (κ1) is 20.4. The van der Waals surface area contributed by atoms with Crippen molar-refractivity contribution < 1.29 is 28.6 Å². The first-order valence-corrected chi connectivity index (χ1v) is 8.31. The Labute approximate surface area is 156 Å². The number of hydrogen-bond acceptors (Lipinski definition) is 7. The molecule has 0 aliphatic heterocycles. The summed E-state index contributed by atoms with van der Waals surface area (Å²) in [7, 11) is 1.36. The first-order chi connectivity index (χ1) is 12.6. The Kier molecular flexibility index (Phi) is 5.85. The maximum atomic E-state index is 13.1. The molecule has 0 aliphatic rings. The second kappa shape index (κ2) is 7.75. The van der Waals surface area contributed by atoms with E-state index in [2.05, 4.69) is 0 Å². The van der Waals surface area contributed by atoms with Gasteiger partial charge in [-0.2, -0.15) is 0 Å². The number of ether oxygens (including phenoxy) is 2. The Balaban J connectivity index is 2.55. The zero-order valence-corrected chi connectivity index (χ0v) is 15.9. The molecule has 0 bridgehead atoms. The zero-order valence-electron chi connectivity index (χ0n) is 15.9. The van der Waals surface area contributed by atoms with Crippen LogP contribution in [-0.2, 0) is 9.53 Å². The zero-order chi connectivity index (χ0) is 20.4. The van der Waals surface area contributed by atoms with Crippen LogP contribution in [0.1, 0.15) is 38.1 Å². The van der Waals surface area contributed by atoms with Crippen LogP contribution < -0.4 is 10.4 Å². The van der Waals surface area contributed by atoms with Crippen LogP contribution in [0.3, 0.4) is 0 Å². The number of carbonyl (C=O) groups is 2. The fourth-order valence-corrected chi connectivity index (χ4v) is 2.44. The molecule has 1 aromatic carbocycles. The van der Waals surface area contributed by atoms with Gasteiger partial charge in [-0.25, -0.2) is 9.59 Å². The quantitative estimate of drug-likeness (QED) is 0.359. The molecule has 7 heteroatoms. The average molecular weight is 374 g/mol. The molecule has 0 spiro atoms. The number of esters is 1. The molecular formula is C20H22O7. The summed E-state index contributed by atoms with van der Waals surface area (Å²) in [6.07, 6.45) is 0.0920. The number of benzene rings is 1.